The molecular formula is C40H46N2O2. The maximum Gasteiger partial charge on any atom is 0.410 e. The summed E-state index contributed by atoms with van der Waals surface area (Å²) >= 11 is 0. The summed E-state index contributed by atoms with van der Waals surface area (Å²) in [7, 11) is 0. The Hall–Kier alpha value is -4.15. The molecule has 4 aromatic carbocycles. The Morgan fingerprint density at radius 3 is 1.68 bits per heavy atom. The summed E-state index contributed by atoms with van der Waals surface area (Å²) in [4.78, 5) is 14.4. The summed E-state index contributed by atoms with van der Waals surface area (Å²) in [6, 6.07) is 43.2. The average molecular weight is 587 g/mol. The van der Waals surface area contributed by atoms with Gasteiger partial charge >= 0.3 is 6.09 Å². The Balaban J connectivity index is 1.42. The summed E-state index contributed by atoms with van der Waals surface area (Å²) < 4.78 is 5.60. The molecule has 1 aliphatic heterocycles. The van der Waals surface area contributed by atoms with E-state index in [0.717, 1.165) is 38.8 Å². The van der Waals surface area contributed by atoms with E-state index in [1.165, 1.54) is 22.3 Å². The minimum atomic E-state index is -0.549. The average Bonchev–Trinajstić information content (AvgIpc) is 3.05. The molecule has 0 spiro atoms. The van der Waals surface area contributed by atoms with Gasteiger partial charge in [0, 0.05) is 19.1 Å². The second-order valence-corrected chi connectivity index (χ2v) is 12.9. The number of hydrogen-bond acceptors (Lipinski definition) is 3. The Kier molecular flexibility index (Phi) is 10.3. The molecule has 1 aliphatic rings. The fraction of sp³-hybridized carbons (Fsp3) is 0.325. The van der Waals surface area contributed by atoms with Crippen LogP contribution in [0.2, 0.25) is 0 Å². The van der Waals surface area contributed by atoms with Gasteiger partial charge in [-0.25, -0.2) is 4.79 Å². The number of hydrogen-bond donors (Lipinski definition) is 1. The lowest BCUT2D eigenvalue weighted by Gasteiger charge is -2.40. The van der Waals surface area contributed by atoms with E-state index in [-0.39, 0.29) is 12.1 Å². The molecule has 44 heavy (non-hydrogen) atoms. The van der Waals surface area contributed by atoms with Crippen molar-refractivity contribution in [2.24, 2.45) is 5.92 Å². The minimum Gasteiger partial charge on any atom is -0.444 e. The third-order valence-electron chi connectivity index (χ3n) is 8.42. The maximum atomic E-state index is 12.6. The van der Waals surface area contributed by atoms with Gasteiger partial charge in [-0.3, -0.25) is 5.32 Å². The van der Waals surface area contributed by atoms with Crippen LogP contribution >= 0.6 is 0 Å². The number of nitrogens with zero attached hydrogens (tertiary/aromatic N) is 1. The van der Waals surface area contributed by atoms with Crippen molar-refractivity contribution in [3.05, 3.63) is 156 Å². The molecule has 1 fully saturated rings. The van der Waals surface area contributed by atoms with Gasteiger partial charge in [0.2, 0.25) is 0 Å². The summed E-state index contributed by atoms with van der Waals surface area (Å²) in [6.45, 7) is 7.26. The summed E-state index contributed by atoms with van der Waals surface area (Å²) in [5.74, 6) is 0.546. The topological polar surface area (TPSA) is 41.6 Å². The highest BCUT2D eigenvalue weighted by Crippen LogP contribution is 2.37. The van der Waals surface area contributed by atoms with Crippen molar-refractivity contribution in [3.63, 3.8) is 0 Å². The van der Waals surface area contributed by atoms with Gasteiger partial charge in [0.15, 0.2) is 0 Å². The molecule has 228 valence electrons. The van der Waals surface area contributed by atoms with Crippen molar-refractivity contribution in [1.29, 1.82) is 0 Å². The van der Waals surface area contributed by atoms with Gasteiger partial charge in [0.05, 0.1) is 5.54 Å². The molecule has 1 saturated heterocycles. The molecule has 4 nitrogen and oxygen atoms in total. The van der Waals surface area contributed by atoms with Crippen LogP contribution in [-0.2, 0) is 16.7 Å². The van der Waals surface area contributed by atoms with Gasteiger partial charge in [-0.05, 0) is 74.6 Å². The first-order chi connectivity index (χ1) is 21.3. The van der Waals surface area contributed by atoms with Crippen molar-refractivity contribution < 1.29 is 9.53 Å². The fourth-order valence-corrected chi connectivity index (χ4v) is 6.24. The number of likely N-dealkylation sites (tertiary alicyclic amines) is 1. The highest BCUT2D eigenvalue weighted by molar-refractivity contribution is 5.68. The number of nitrogens with one attached hydrogen (secondary N) is 1. The van der Waals surface area contributed by atoms with Gasteiger partial charge in [-0.1, -0.05) is 133 Å². The molecule has 1 amide bonds. The van der Waals surface area contributed by atoms with E-state index in [2.05, 4.69) is 139 Å². The second kappa shape index (κ2) is 14.5. The van der Waals surface area contributed by atoms with E-state index >= 15 is 0 Å². The molecule has 0 aliphatic carbocycles. The molecule has 0 saturated carbocycles. The molecule has 4 heteroatoms. The highest BCUT2D eigenvalue weighted by atomic mass is 16.6. The monoisotopic (exact) mass is 586 g/mol. The lowest BCUT2D eigenvalue weighted by molar-refractivity contribution is 0.0185. The zero-order chi connectivity index (χ0) is 30.8. The van der Waals surface area contributed by atoms with Crippen LogP contribution in [0.25, 0.3) is 0 Å². The van der Waals surface area contributed by atoms with Crippen molar-refractivity contribution in [3.8, 4) is 0 Å². The number of allylic oxidation sites excluding steroid dienone is 1. The first-order valence-corrected chi connectivity index (χ1v) is 16.0. The lowest BCUT2D eigenvalue weighted by atomic mass is 9.76. The molecule has 0 aromatic heterocycles. The Bertz CT molecular complexity index is 1360. The van der Waals surface area contributed by atoms with Gasteiger partial charge in [-0.2, -0.15) is 0 Å². The quantitative estimate of drug-likeness (QED) is 0.149. The van der Waals surface area contributed by atoms with Crippen LogP contribution in [-0.4, -0.2) is 35.7 Å². The predicted octanol–water partition coefficient (Wildman–Crippen LogP) is 8.77. The molecular weight excluding hydrogens is 540 g/mol. The summed E-state index contributed by atoms with van der Waals surface area (Å²) in [6.07, 6.45) is 8.37. The van der Waals surface area contributed by atoms with Crippen LogP contribution in [0.3, 0.4) is 0 Å². The maximum absolute atomic E-state index is 12.6. The SMILES string of the molecule is CC(C)(C)OC(=O)N1CCC(CC=C[C@@H](Cc2ccccc2)NC(c2ccccc2)(c2ccccc2)c2ccccc2)CC1. The summed E-state index contributed by atoms with van der Waals surface area (Å²) in [5.41, 5.74) is 3.90. The molecule has 1 atom stereocenters. The molecule has 5 rings (SSSR count). The van der Waals surface area contributed by atoms with Gasteiger partial charge in [0.1, 0.15) is 5.60 Å². The van der Waals surface area contributed by atoms with E-state index < -0.39 is 11.1 Å². The van der Waals surface area contributed by atoms with Crippen molar-refractivity contribution in [1.82, 2.24) is 10.2 Å². The Morgan fingerprint density at radius 1 is 0.773 bits per heavy atom. The normalized spacial score (nSPS) is 15.3. The number of benzene rings is 4. The molecule has 0 unspecified atom stereocenters. The number of amides is 1. The Morgan fingerprint density at radius 2 is 1.23 bits per heavy atom. The standard InChI is InChI=1S/C40H46N2O2/c1-39(2,3)44-38(43)42-29-27-32(28-30-42)19-16-26-37(31-33-17-8-4-9-18-33)41-40(34-20-10-5-11-21-34,35-22-12-6-13-23-35)36-24-14-7-15-25-36/h4-18,20-26,32,37,41H,19,27-31H2,1-3H3/t37-/m0/s1. The number of carbonyl (C=O) groups is 1. The minimum absolute atomic E-state index is 0.0693. The van der Waals surface area contributed by atoms with Crippen LogP contribution in [0.4, 0.5) is 4.79 Å². The van der Waals surface area contributed by atoms with Crippen LogP contribution in [0.15, 0.2) is 133 Å². The van der Waals surface area contributed by atoms with Crippen molar-refractivity contribution in [2.45, 2.75) is 63.6 Å². The van der Waals surface area contributed by atoms with Crippen LogP contribution in [0.5, 0.6) is 0 Å². The molecule has 4 aromatic rings. The zero-order valence-corrected chi connectivity index (χ0v) is 26.4. The Labute approximate surface area is 263 Å². The number of piperidine rings is 1. The van der Waals surface area contributed by atoms with Crippen molar-refractivity contribution in [2.75, 3.05) is 13.1 Å². The second-order valence-electron chi connectivity index (χ2n) is 12.9. The van der Waals surface area contributed by atoms with Gasteiger partial charge in [-0.15, -0.1) is 0 Å². The first kappa shape index (κ1) is 31.3. The molecule has 1 heterocycles. The molecule has 0 radical (unpaired) electrons. The van der Waals surface area contributed by atoms with E-state index in [4.69, 9.17) is 4.74 Å². The van der Waals surface area contributed by atoms with E-state index in [1.807, 2.05) is 25.7 Å². The lowest BCUT2D eigenvalue weighted by Crippen LogP contribution is -2.50. The van der Waals surface area contributed by atoms with Gasteiger partial charge < -0.3 is 9.64 Å². The highest BCUT2D eigenvalue weighted by Gasteiger charge is 2.37. The number of rotatable bonds is 10. The predicted molar refractivity (Wildman–Crippen MR) is 181 cm³/mol. The summed E-state index contributed by atoms with van der Waals surface area (Å²) in [5, 5.41) is 4.19. The van der Waals surface area contributed by atoms with E-state index in [0.29, 0.717) is 5.92 Å². The van der Waals surface area contributed by atoms with Crippen LogP contribution < -0.4 is 5.32 Å². The van der Waals surface area contributed by atoms with Crippen LogP contribution in [0.1, 0.15) is 62.3 Å². The smallest absolute Gasteiger partial charge is 0.410 e. The van der Waals surface area contributed by atoms with Crippen molar-refractivity contribution >= 4 is 6.09 Å². The van der Waals surface area contributed by atoms with Crippen LogP contribution in [0, 0.1) is 5.92 Å². The largest absolute Gasteiger partial charge is 0.444 e. The fourth-order valence-electron chi connectivity index (χ4n) is 6.24. The van der Waals surface area contributed by atoms with E-state index in [1.54, 1.807) is 0 Å². The third kappa shape index (κ3) is 8.06. The zero-order valence-electron chi connectivity index (χ0n) is 26.4. The molecule has 0 bridgehead atoms. The van der Waals surface area contributed by atoms with E-state index in [9.17, 15) is 4.79 Å². The molecule has 1 N–H and O–H groups in total. The third-order valence-corrected chi connectivity index (χ3v) is 8.42. The van der Waals surface area contributed by atoms with Gasteiger partial charge in [0.25, 0.3) is 0 Å². The first-order valence-electron chi connectivity index (χ1n) is 16.0. The number of carbonyl (C=O) groups excluding carboxylic acids is 1. The number of ether oxygens (including phenoxy) is 1.